The number of hydrogen-bond donors (Lipinski definition) is 1. The van der Waals surface area contributed by atoms with Gasteiger partial charge in [-0.15, -0.1) is 4.36 Å². The second-order valence-corrected chi connectivity index (χ2v) is 8.89. The zero-order valence-electron chi connectivity index (χ0n) is 12.8. The highest BCUT2D eigenvalue weighted by molar-refractivity contribution is 7.92. The van der Waals surface area contributed by atoms with E-state index in [9.17, 15) is 9.00 Å². The van der Waals surface area contributed by atoms with Crippen LogP contribution in [0.25, 0.3) is 0 Å². The lowest BCUT2D eigenvalue weighted by molar-refractivity contribution is -0.117. The number of nitrogens with zero attached hydrogens (tertiary/aromatic N) is 1. The van der Waals surface area contributed by atoms with Crippen LogP contribution < -0.4 is 5.14 Å². The van der Waals surface area contributed by atoms with E-state index < -0.39 is 9.92 Å². The van der Waals surface area contributed by atoms with E-state index in [1.54, 1.807) is 0 Å². The molecule has 0 heterocycles. The Morgan fingerprint density at radius 3 is 2.27 bits per heavy atom. The van der Waals surface area contributed by atoms with Crippen LogP contribution >= 0.6 is 0 Å². The van der Waals surface area contributed by atoms with Crippen molar-refractivity contribution in [1.82, 2.24) is 0 Å². The van der Waals surface area contributed by atoms with E-state index in [4.69, 9.17) is 5.14 Å². The van der Waals surface area contributed by atoms with Crippen LogP contribution in [0.2, 0.25) is 0 Å². The first kappa shape index (κ1) is 14.4. The molecule has 1 amide bonds. The van der Waals surface area contributed by atoms with E-state index in [1.165, 1.54) is 40.7 Å². The van der Waals surface area contributed by atoms with Crippen molar-refractivity contribution in [2.75, 3.05) is 0 Å². The first-order chi connectivity index (χ1) is 10.5. The minimum atomic E-state index is -2.81. The number of carbonyl (C=O) groups is 1. The summed E-state index contributed by atoms with van der Waals surface area (Å²) in [5.74, 6) is -0.297. The normalized spacial score (nSPS) is 22.0. The van der Waals surface area contributed by atoms with Gasteiger partial charge in [-0.05, 0) is 79.2 Å². The van der Waals surface area contributed by atoms with Crippen molar-refractivity contribution in [2.45, 2.75) is 63.0 Å². The van der Waals surface area contributed by atoms with Gasteiger partial charge in [0.1, 0.15) is 9.92 Å². The molecule has 1 atom stereocenters. The molecule has 2 N–H and O–H groups in total. The van der Waals surface area contributed by atoms with Crippen LogP contribution in [0.3, 0.4) is 0 Å². The molecule has 3 aliphatic rings. The van der Waals surface area contributed by atoms with E-state index in [0.717, 1.165) is 38.5 Å². The summed E-state index contributed by atoms with van der Waals surface area (Å²) < 4.78 is 16.1. The number of hydrogen-bond acceptors (Lipinski definition) is 2. The Hall–Kier alpha value is -1.20. The van der Waals surface area contributed by atoms with E-state index in [2.05, 4.69) is 10.4 Å². The molecular formula is C17H22N2O2S. The van der Waals surface area contributed by atoms with Gasteiger partial charge in [0, 0.05) is 0 Å². The predicted molar refractivity (Wildman–Crippen MR) is 87.0 cm³/mol. The maximum absolute atomic E-state index is 12.3. The topological polar surface area (TPSA) is 72.5 Å². The Bertz CT molecular complexity index is 739. The third kappa shape index (κ3) is 2.50. The van der Waals surface area contributed by atoms with Gasteiger partial charge in [-0.1, -0.05) is 6.07 Å². The third-order valence-electron chi connectivity index (χ3n) is 5.17. The van der Waals surface area contributed by atoms with Crippen LogP contribution in [0, 0.1) is 0 Å². The summed E-state index contributed by atoms with van der Waals surface area (Å²) in [5, 5.41) is 5.68. The molecule has 1 aromatic carbocycles. The van der Waals surface area contributed by atoms with E-state index in [1.807, 2.05) is 0 Å². The van der Waals surface area contributed by atoms with Crippen LogP contribution in [0.4, 0.5) is 0 Å². The van der Waals surface area contributed by atoms with Gasteiger partial charge in [0.25, 0.3) is 5.91 Å². The molecule has 5 heteroatoms. The zero-order valence-corrected chi connectivity index (χ0v) is 13.6. The lowest BCUT2D eigenvalue weighted by Gasteiger charge is -2.14. The van der Waals surface area contributed by atoms with Gasteiger partial charge < -0.3 is 0 Å². The quantitative estimate of drug-likeness (QED) is 0.928. The monoisotopic (exact) mass is 318 g/mol. The molecule has 0 radical (unpaired) electrons. The number of amides is 1. The Labute approximate surface area is 131 Å². The van der Waals surface area contributed by atoms with Crippen molar-refractivity contribution < 1.29 is 9.00 Å². The summed E-state index contributed by atoms with van der Waals surface area (Å²) in [6.45, 7) is 0. The molecular weight excluding hydrogens is 296 g/mol. The largest absolute Gasteiger partial charge is 0.272 e. The number of aryl methyl sites for hydroxylation is 2. The highest BCUT2D eigenvalue weighted by atomic mass is 32.2. The average Bonchev–Trinajstić information content (AvgIpc) is 3.05. The Morgan fingerprint density at radius 2 is 1.73 bits per heavy atom. The molecule has 1 aromatic rings. The van der Waals surface area contributed by atoms with Crippen LogP contribution in [0.5, 0.6) is 0 Å². The smallest absolute Gasteiger partial charge is 0.259 e. The summed E-state index contributed by atoms with van der Waals surface area (Å²) in [7, 11) is -2.81. The van der Waals surface area contributed by atoms with Gasteiger partial charge in [-0.3, -0.25) is 4.79 Å². The van der Waals surface area contributed by atoms with Crippen molar-refractivity contribution in [2.24, 2.45) is 9.50 Å². The third-order valence-corrected chi connectivity index (χ3v) is 7.09. The lowest BCUT2D eigenvalue weighted by atomic mass is 9.92. The van der Waals surface area contributed by atoms with Crippen molar-refractivity contribution in [3.8, 4) is 0 Å². The van der Waals surface area contributed by atoms with Crippen LogP contribution in [-0.4, -0.2) is 15.4 Å². The summed E-state index contributed by atoms with van der Waals surface area (Å²) in [6, 6.07) is 2.35. The molecule has 4 nitrogen and oxygen atoms in total. The lowest BCUT2D eigenvalue weighted by Crippen LogP contribution is -2.20. The molecule has 1 unspecified atom stereocenters. The average molecular weight is 318 g/mol. The summed E-state index contributed by atoms with van der Waals surface area (Å²) in [6.07, 6.45) is 8.67. The van der Waals surface area contributed by atoms with Crippen LogP contribution in [0.15, 0.2) is 10.4 Å². The molecule has 0 bridgehead atoms. The number of fused-ring (bicyclic) bond motifs is 2. The van der Waals surface area contributed by atoms with Crippen molar-refractivity contribution in [3.05, 3.63) is 33.9 Å². The summed E-state index contributed by atoms with van der Waals surface area (Å²) in [4.78, 5) is 12.3. The molecule has 1 fully saturated rings. The van der Waals surface area contributed by atoms with Gasteiger partial charge in [0.15, 0.2) is 0 Å². The molecule has 0 aliphatic heterocycles. The van der Waals surface area contributed by atoms with Crippen LogP contribution in [-0.2, 0) is 46.8 Å². The maximum Gasteiger partial charge on any atom is 0.259 e. The van der Waals surface area contributed by atoms with Gasteiger partial charge in [0.05, 0.1) is 11.7 Å². The fourth-order valence-corrected chi connectivity index (χ4v) is 5.31. The second kappa shape index (κ2) is 5.17. The molecule has 0 saturated heterocycles. The van der Waals surface area contributed by atoms with Crippen molar-refractivity contribution in [3.63, 3.8) is 0 Å². The Balaban J connectivity index is 1.69. The van der Waals surface area contributed by atoms with Gasteiger partial charge in [0.2, 0.25) is 0 Å². The predicted octanol–water partition coefficient (Wildman–Crippen LogP) is 2.24. The van der Waals surface area contributed by atoms with E-state index in [0.29, 0.717) is 0 Å². The molecule has 1 saturated carbocycles. The summed E-state index contributed by atoms with van der Waals surface area (Å²) in [5.41, 5.74) is 6.73. The Morgan fingerprint density at radius 1 is 1.14 bits per heavy atom. The van der Waals surface area contributed by atoms with Gasteiger partial charge >= 0.3 is 0 Å². The fourth-order valence-electron chi connectivity index (χ4n) is 3.97. The van der Waals surface area contributed by atoms with Crippen molar-refractivity contribution in [1.29, 1.82) is 0 Å². The number of benzene rings is 1. The minimum Gasteiger partial charge on any atom is -0.272 e. The number of rotatable bonds is 3. The summed E-state index contributed by atoms with van der Waals surface area (Å²) >= 11 is 0. The van der Waals surface area contributed by atoms with Gasteiger partial charge in [-0.2, -0.15) is 0 Å². The molecule has 3 aliphatic carbocycles. The maximum atomic E-state index is 12.3. The fraction of sp³-hybridized carbons (Fsp3) is 0.588. The highest BCUT2D eigenvalue weighted by Gasteiger charge is 2.32. The second-order valence-electron chi connectivity index (χ2n) is 6.81. The van der Waals surface area contributed by atoms with Gasteiger partial charge in [-0.25, -0.2) is 9.35 Å². The highest BCUT2D eigenvalue weighted by Crippen LogP contribution is 2.35. The first-order valence-corrected chi connectivity index (χ1v) is 9.90. The molecule has 0 spiro atoms. The molecule has 4 rings (SSSR count). The molecule has 118 valence electrons. The minimum absolute atomic E-state index is 0.0661. The first-order valence-electron chi connectivity index (χ1n) is 8.26. The standard InChI is InChI=1S/C17H22N2O2S/c18-22(21,13-7-8-13)19-17(20)10-16-14-5-1-3-11(14)9-12-4-2-6-15(12)16/h9,13H,1-8,10H2,(H2,18,19,20,21). The zero-order chi connectivity index (χ0) is 15.3. The van der Waals surface area contributed by atoms with E-state index >= 15 is 0 Å². The number of carbonyl (C=O) groups excluding carboxylic acids is 1. The van der Waals surface area contributed by atoms with Crippen LogP contribution in [0.1, 0.15) is 53.5 Å². The van der Waals surface area contributed by atoms with E-state index in [-0.39, 0.29) is 17.6 Å². The number of nitrogens with two attached hydrogens (primary N) is 1. The van der Waals surface area contributed by atoms with Crippen molar-refractivity contribution >= 4 is 15.8 Å². The molecule has 0 aromatic heterocycles. The SMILES string of the molecule is NS(=O)(=NC(=O)Cc1c2c(cc3c1CCC3)CCC2)C1CC1. The molecule has 22 heavy (non-hydrogen) atoms. The Kier molecular flexibility index (Phi) is 3.38.